The molecule has 0 bridgehead atoms. The SMILES string of the molecule is CCNC(=NCCCc1c(C)noc1C)NCCc1ncc(C)s1.I. The Balaban J connectivity index is 0.00000312. The summed E-state index contributed by atoms with van der Waals surface area (Å²) < 4.78 is 5.19. The van der Waals surface area contributed by atoms with Gasteiger partial charge in [-0.15, -0.1) is 35.3 Å². The molecule has 8 heteroatoms. The number of guanidine groups is 1. The van der Waals surface area contributed by atoms with Gasteiger partial charge in [0.25, 0.3) is 0 Å². The summed E-state index contributed by atoms with van der Waals surface area (Å²) in [6.45, 7) is 10.6. The molecule has 0 aliphatic heterocycles. The molecular formula is C17H28IN5OS. The number of nitrogens with zero attached hydrogens (tertiary/aromatic N) is 3. The number of halogens is 1. The summed E-state index contributed by atoms with van der Waals surface area (Å²) in [5.74, 6) is 1.78. The van der Waals surface area contributed by atoms with E-state index in [9.17, 15) is 0 Å². The maximum Gasteiger partial charge on any atom is 0.191 e. The molecule has 0 fully saturated rings. The Labute approximate surface area is 170 Å². The molecule has 2 rings (SSSR count). The van der Waals surface area contributed by atoms with Gasteiger partial charge in [-0.2, -0.15) is 0 Å². The van der Waals surface area contributed by atoms with Gasteiger partial charge in [0.15, 0.2) is 5.96 Å². The van der Waals surface area contributed by atoms with Crippen LogP contribution in [0.5, 0.6) is 0 Å². The third kappa shape index (κ3) is 7.31. The summed E-state index contributed by atoms with van der Waals surface area (Å²) >= 11 is 1.75. The first kappa shape index (κ1) is 21.9. The average Bonchev–Trinajstić information content (AvgIpc) is 3.10. The maximum atomic E-state index is 5.19. The Kier molecular flexibility index (Phi) is 10.0. The van der Waals surface area contributed by atoms with E-state index in [1.165, 1.54) is 10.4 Å². The van der Waals surface area contributed by atoms with Crippen LogP contribution < -0.4 is 10.6 Å². The monoisotopic (exact) mass is 477 g/mol. The highest BCUT2D eigenvalue weighted by Crippen LogP contribution is 2.14. The third-order valence-corrected chi connectivity index (χ3v) is 4.65. The lowest BCUT2D eigenvalue weighted by atomic mass is 10.1. The van der Waals surface area contributed by atoms with Gasteiger partial charge in [0.1, 0.15) is 5.76 Å². The molecule has 0 atom stereocenters. The van der Waals surface area contributed by atoms with Crippen LogP contribution in [0.15, 0.2) is 15.7 Å². The predicted molar refractivity (Wildman–Crippen MR) is 114 cm³/mol. The molecule has 0 spiro atoms. The molecule has 6 nitrogen and oxygen atoms in total. The highest BCUT2D eigenvalue weighted by molar-refractivity contribution is 14.0. The summed E-state index contributed by atoms with van der Waals surface area (Å²) in [5, 5.41) is 11.8. The topological polar surface area (TPSA) is 75.3 Å². The third-order valence-electron chi connectivity index (χ3n) is 3.68. The molecule has 0 aromatic carbocycles. The van der Waals surface area contributed by atoms with Crippen molar-refractivity contribution in [1.29, 1.82) is 0 Å². The van der Waals surface area contributed by atoms with Crippen molar-refractivity contribution >= 4 is 41.3 Å². The molecule has 0 saturated carbocycles. The van der Waals surface area contributed by atoms with Crippen molar-refractivity contribution < 1.29 is 4.52 Å². The number of aliphatic imine (C=N–C) groups is 1. The van der Waals surface area contributed by atoms with E-state index >= 15 is 0 Å². The summed E-state index contributed by atoms with van der Waals surface area (Å²) in [6, 6.07) is 0. The molecule has 0 unspecified atom stereocenters. The van der Waals surface area contributed by atoms with E-state index in [4.69, 9.17) is 4.52 Å². The van der Waals surface area contributed by atoms with E-state index in [0.29, 0.717) is 0 Å². The summed E-state index contributed by atoms with van der Waals surface area (Å²) in [6.07, 6.45) is 4.77. The van der Waals surface area contributed by atoms with Gasteiger partial charge in [-0.25, -0.2) is 4.98 Å². The van der Waals surface area contributed by atoms with Crippen molar-refractivity contribution in [3.63, 3.8) is 0 Å². The van der Waals surface area contributed by atoms with Gasteiger partial charge >= 0.3 is 0 Å². The van der Waals surface area contributed by atoms with Crippen molar-refractivity contribution in [3.8, 4) is 0 Å². The van der Waals surface area contributed by atoms with Crippen molar-refractivity contribution in [3.05, 3.63) is 33.1 Å². The van der Waals surface area contributed by atoms with Crippen LogP contribution in [0.4, 0.5) is 0 Å². The van der Waals surface area contributed by atoms with Crippen LogP contribution in [0.1, 0.15) is 40.2 Å². The molecule has 0 saturated heterocycles. The number of thiazole rings is 1. The minimum absolute atomic E-state index is 0. The van der Waals surface area contributed by atoms with Gasteiger partial charge in [-0.1, -0.05) is 5.16 Å². The molecule has 0 aliphatic carbocycles. The van der Waals surface area contributed by atoms with Crippen molar-refractivity contribution in [1.82, 2.24) is 20.8 Å². The predicted octanol–water partition coefficient (Wildman–Crippen LogP) is 3.40. The molecule has 2 aromatic rings. The number of nitrogens with one attached hydrogen (secondary N) is 2. The second kappa shape index (κ2) is 11.5. The van der Waals surface area contributed by atoms with Gasteiger partial charge in [0, 0.05) is 42.7 Å². The van der Waals surface area contributed by atoms with E-state index < -0.39 is 0 Å². The number of hydrogen-bond acceptors (Lipinski definition) is 5. The van der Waals surface area contributed by atoms with E-state index in [0.717, 1.165) is 61.3 Å². The first-order valence-corrected chi connectivity index (χ1v) is 9.27. The highest BCUT2D eigenvalue weighted by atomic mass is 127. The van der Waals surface area contributed by atoms with Gasteiger partial charge < -0.3 is 15.2 Å². The summed E-state index contributed by atoms with van der Waals surface area (Å²) in [7, 11) is 0. The van der Waals surface area contributed by atoms with Crippen LogP contribution in [-0.2, 0) is 12.8 Å². The van der Waals surface area contributed by atoms with Gasteiger partial charge in [0.05, 0.1) is 10.7 Å². The van der Waals surface area contributed by atoms with Crippen molar-refractivity contribution in [2.75, 3.05) is 19.6 Å². The van der Waals surface area contributed by atoms with E-state index in [2.05, 4.69) is 39.6 Å². The fourth-order valence-electron chi connectivity index (χ4n) is 2.45. The van der Waals surface area contributed by atoms with Gasteiger partial charge in [-0.05, 0) is 40.5 Å². The molecule has 0 aliphatic rings. The maximum absolute atomic E-state index is 5.19. The first-order valence-electron chi connectivity index (χ1n) is 8.45. The van der Waals surface area contributed by atoms with Crippen LogP contribution in [0.25, 0.3) is 0 Å². The summed E-state index contributed by atoms with van der Waals surface area (Å²) in [4.78, 5) is 10.3. The minimum Gasteiger partial charge on any atom is -0.361 e. The molecule has 2 heterocycles. The fraction of sp³-hybridized carbons (Fsp3) is 0.588. The van der Waals surface area contributed by atoms with Crippen LogP contribution in [0.3, 0.4) is 0 Å². The first-order chi connectivity index (χ1) is 11.6. The number of aryl methyl sites for hydroxylation is 3. The zero-order valence-electron chi connectivity index (χ0n) is 15.4. The van der Waals surface area contributed by atoms with Crippen LogP contribution in [0, 0.1) is 20.8 Å². The Morgan fingerprint density at radius 3 is 2.64 bits per heavy atom. The second-order valence-electron chi connectivity index (χ2n) is 5.71. The quantitative estimate of drug-likeness (QED) is 0.264. The highest BCUT2D eigenvalue weighted by Gasteiger charge is 2.08. The number of aromatic nitrogens is 2. The zero-order valence-corrected chi connectivity index (χ0v) is 18.5. The van der Waals surface area contributed by atoms with Crippen LogP contribution in [-0.4, -0.2) is 35.7 Å². The van der Waals surface area contributed by atoms with Crippen molar-refractivity contribution in [2.24, 2.45) is 4.99 Å². The molecule has 2 aromatic heterocycles. The Bertz CT molecular complexity index is 648. The van der Waals surface area contributed by atoms with E-state index in [-0.39, 0.29) is 24.0 Å². The molecule has 25 heavy (non-hydrogen) atoms. The molecule has 140 valence electrons. The second-order valence-corrected chi connectivity index (χ2v) is 7.03. The molecule has 0 radical (unpaired) electrons. The van der Waals surface area contributed by atoms with Crippen LogP contribution in [0.2, 0.25) is 0 Å². The van der Waals surface area contributed by atoms with Crippen molar-refractivity contribution in [2.45, 2.75) is 47.0 Å². The molecule has 0 amide bonds. The lowest BCUT2D eigenvalue weighted by Crippen LogP contribution is -2.38. The number of rotatable bonds is 8. The smallest absolute Gasteiger partial charge is 0.191 e. The molecular weight excluding hydrogens is 449 g/mol. The zero-order chi connectivity index (χ0) is 17.4. The minimum atomic E-state index is 0. The molecule has 2 N–H and O–H groups in total. The Morgan fingerprint density at radius 1 is 1.24 bits per heavy atom. The average molecular weight is 477 g/mol. The van der Waals surface area contributed by atoms with E-state index in [1.807, 2.05) is 20.0 Å². The standard InChI is InChI=1S/C17H27N5OS.HI/c1-5-18-17(20-10-8-16-21-11-12(2)24-16)19-9-6-7-15-13(3)22-23-14(15)4;/h11H,5-10H2,1-4H3,(H2,18,19,20);1H. The largest absolute Gasteiger partial charge is 0.361 e. The van der Waals surface area contributed by atoms with Crippen LogP contribution >= 0.6 is 35.3 Å². The summed E-state index contributed by atoms with van der Waals surface area (Å²) in [5.41, 5.74) is 2.20. The normalized spacial score (nSPS) is 11.3. The Morgan fingerprint density at radius 2 is 2.04 bits per heavy atom. The Hall–Kier alpha value is -1.16. The van der Waals surface area contributed by atoms with Gasteiger partial charge in [-0.3, -0.25) is 4.99 Å². The lowest BCUT2D eigenvalue weighted by Gasteiger charge is -2.10. The van der Waals surface area contributed by atoms with E-state index in [1.54, 1.807) is 11.3 Å². The fourth-order valence-corrected chi connectivity index (χ4v) is 3.24. The lowest BCUT2D eigenvalue weighted by molar-refractivity contribution is 0.392. The number of hydrogen-bond donors (Lipinski definition) is 2. The van der Waals surface area contributed by atoms with Gasteiger partial charge in [0.2, 0.25) is 0 Å².